The number of aliphatic carboxylic acids is 1. The number of hydrogen-bond donors (Lipinski definition) is 1. The molecule has 0 radical (unpaired) electrons. The minimum absolute atomic E-state index is 0.633. The summed E-state index contributed by atoms with van der Waals surface area (Å²) >= 11 is 1.42. The zero-order chi connectivity index (χ0) is 11.9. The van der Waals surface area contributed by atoms with Gasteiger partial charge in [-0.25, -0.2) is 0 Å². The maximum atomic E-state index is 10.8. The van der Waals surface area contributed by atoms with Gasteiger partial charge >= 0.3 is 5.97 Å². The minimum atomic E-state index is -0.769. The van der Waals surface area contributed by atoms with Gasteiger partial charge < -0.3 is 9.84 Å². The van der Waals surface area contributed by atoms with E-state index >= 15 is 0 Å². The van der Waals surface area contributed by atoms with Crippen LogP contribution in [0.2, 0.25) is 0 Å². The van der Waals surface area contributed by atoms with Gasteiger partial charge in [-0.1, -0.05) is 13.8 Å². The Bertz CT molecular complexity index is 190. The highest BCUT2D eigenvalue weighted by molar-refractivity contribution is 8.01. The van der Waals surface area contributed by atoms with Crippen LogP contribution in [0, 0.1) is 5.92 Å². The summed E-state index contributed by atoms with van der Waals surface area (Å²) in [4.78, 5) is 10.8. The first-order chi connectivity index (χ1) is 6.86. The second-order valence-corrected chi connectivity index (χ2v) is 6.18. The molecule has 0 unspecified atom stereocenters. The van der Waals surface area contributed by atoms with E-state index in [9.17, 15) is 4.79 Å². The van der Waals surface area contributed by atoms with E-state index in [1.54, 1.807) is 13.8 Å². The lowest BCUT2D eigenvalue weighted by atomic mass is 10.1. The predicted molar refractivity (Wildman–Crippen MR) is 64.4 cm³/mol. The summed E-state index contributed by atoms with van der Waals surface area (Å²) in [5.74, 6) is 0.625. The Balaban J connectivity index is 3.43. The van der Waals surface area contributed by atoms with Crippen LogP contribution in [0.15, 0.2) is 0 Å². The fourth-order valence-electron chi connectivity index (χ4n) is 0.839. The summed E-state index contributed by atoms with van der Waals surface area (Å²) in [6.45, 7) is 9.15. The SMILES string of the molecule is CC(C)CCOCCSC(C)(C)C(=O)O. The Hall–Kier alpha value is -0.220. The van der Waals surface area contributed by atoms with Crippen molar-refractivity contribution in [2.45, 2.75) is 38.9 Å². The lowest BCUT2D eigenvalue weighted by molar-refractivity contribution is -0.138. The van der Waals surface area contributed by atoms with Gasteiger partial charge in [0.05, 0.1) is 6.61 Å². The predicted octanol–water partition coefficient (Wildman–Crippen LogP) is 2.65. The monoisotopic (exact) mass is 234 g/mol. The molecule has 0 rings (SSSR count). The summed E-state index contributed by atoms with van der Waals surface area (Å²) in [5.41, 5.74) is 0. The van der Waals surface area contributed by atoms with Gasteiger partial charge in [-0.3, -0.25) is 4.79 Å². The number of carbonyl (C=O) groups is 1. The molecule has 0 aliphatic rings. The van der Waals surface area contributed by atoms with Crippen LogP contribution in [-0.4, -0.2) is 34.8 Å². The Kier molecular flexibility index (Phi) is 7.02. The van der Waals surface area contributed by atoms with Crippen LogP contribution in [-0.2, 0) is 9.53 Å². The second-order valence-electron chi connectivity index (χ2n) is 4.46. The molecule has 0 spiro atoms. The standard InChI is InChI=1S/C11H22O3S/c1-9(2)5-6-14-7-8-15-11(3,4)10(12)13/h9H,5-8H2,1-4H3,(H,12,13). The molecule has 0 aliphatic carbocycles. The summed E-state index contributed by atoms with van der Waals surface area (Å²) in [7, 11) is 0. The molecule has 0 aromatic heterocycles. The molecule has 3 nitrogen and oxygen atoms in total. The minimum Gasteiger partial charge on any atom is -0.480 e. The summed E-state index contributed by atoms with van der Waals surface area (Å²) < 4.78 is 4.70. The molecule has 0 aromatic rings. The zero-order valence-corrected chi connectivity index (χ0v) is 10.9. The van der Waals surface area contributed by atoms with E-state index in [1.807, 2.05) is 0 Å². The summed E-state index contributed by atoms with van der Waals surface area (Å²) in [6, 6.07) is 0. The Labute approximate surface area is 96.6 Å². The van der Waals surface area contributed by atoms with Crippen molar-refractivity contribution in [3.8, 4) is 0 Å². The molecule has 15 heavy (non-hydrogen) atoms. The van der Waals surface area contributed by atoms with Gasteiger partial charge in [-0.2, -0.15) is 0 Å². The molecule has 0 saturated carbocycles. The summed E-state index contributed by atoms with van der Waals surface area (Å²) in [5, 5.41) is 8.86. The van der Waals surface area contributed by atoms with Gasteiger partial charge in [0.1, 0.15) is 4.75 Å². The summed E-state index contributed by atoms with van der Waals surface area (Å²) in [6.07, 6.45) is 1.06. The molecule has 0 atom stereocenters. The second kappa shape index (κ2) is 7.12. The van der Waals surface area contributed by atoms with Crippen LogP contribution >= 0.6 is 11.8 Å². The average Bonchev–Trinajstić information content (AvgIpc) is 2.10. The molecule has 0 fully saturated rings. The number of thioether (sulfide) groups is 1. The molecule has 0 bridgehead atoms. The van der Waals surface area contributed by atoms with Crippen LogP contribution in [0.3, 0.4) is 0 Å². The topological polar surface area (TPSA) is 46.5 Å². The highest BCUT2D eigenvalue weighted by atomic mass is 32.2. The van der Waals surface area contributed by atoms with E-state index in [0.717, 1.165) is 18.8 Å². The third-order valence-electron chi connectivity index (χ3n) is 2.05. The number of carboxylic acids is 1. The number of rotatable bonds is 8. The van der Waals surface area contributed by atoms with Gasteiger partial charge in [0.15, 0.2) is 0 Å². The Morgan fingerprint density at radius 2 is 2.00 bits per heavy atom. The van der Waals surface area contributed by atoms with E-state index < -0.39 is 10.7 Å². The first kappa shape index (κ1) is 14.8. The Morgan fingerprint density at radius 3 is 2.47 bits per heavy atom. The van der Waals surface area contributed by atoms with Crippen molar-refractivity contribution in [3.63, 3.8) is 0 Å². The van der Waals surface area contributed by atoms with Crippen LogP contribution in [0.1, 0.15) is 34.1 Å². The van der Waals surface area contributed by atoms with Crippen LogP contribution < -0.4 is 0 Å². The molecule has 90 valence electrons. The van der Waals surface area contributed by atoms with E-state index in [-0.39, 0.29) is 0 Å². The molecule has 0 aliphatic heterocycles. The maximum absolute atomic E-state index is 10.8. The fourth-order valence-corrected chi connectivity index (χ4v) is 1.67. The van der Waals surface area contributed by atoms with Crippen molar-refractivity contribution in [1.29, 1.82) is 0 Å². The number of carboxylic acid groups (broad SMARTS) is 1. The van der Waals surface area contributed by atoms with Crippen LogP contribution in [0.5, 0.6) is 0 Å². The fraction of sp³-hybridized carbons (Fsp3) is 0.909. The van der Waals surface area contributed by atoms with Crippen molar-refractivity contribution < 1.29 is 14.6 Å². The smallest absolute Gasteiger partial charge is 0.319 e. The van der Waals surface area contributed by atoms with E-state index in [2.05, 4.69) is 13.8 Å². The first-order valence-electron chi connectivity index (χ1n) is 5.31. The van der Waals surface area contributed by atoms with E-state index in [1.165, 1.54) is 11.8 Å². The van der Waals surface area contributed by atoms with Crippen molar-refractivity contribution in [3.05, 3.63) is 0 Å². The van der Waals surface area contributed by atoms with E-state index in [4.69, 9.17) is 9.84 Å². The largest absolute Gasteiger partial charge is 0.480 e. The van der Waals surface area contributed by atoms with Gasteiger partial charge in [0, 0.05) is 12.4 Å². The third-order valence-corrected chi connectivity index (χ3v) is 3.31. The number of ether oxygens (including phenoxy) is 1. The highest BCUT2D eigenvalue weighted by Gasteiger charge is 2.26. The van der Waals surface area contributed by atoms with Gasteiger partial charge in [0.25, 0.3) is 0 Å². The lowest BCUT2D eigenvalue weighted by Crippen LogP contribution is -2.28. The van der Waals surface area contributed by atoms with Crippen molar-refractivity contribution in [2.75, 3.05) is 19.0 Å². The maximum Gasteiger partial charge on any atom is 0.319 e. The normalized spacial score (nSPS) is 12.1. The van der Waals surface area contributed by atoms with E-state index in [0.29, 0.717) is 12.5 Å². The molecule has 0 heterocycles. The molecule has 1 N–H and O–H groups in total. The highest BCUT2D eigenvalue weighted by Crippen LogP contribution is 2.23. The first-order valence-corrected chi connectivity index (χ1v) is 6.30. The van der Waals surface area contributed by atoms with Crippen LogP contribution in [0.25, 0.3) is 0 Å². The average molecular weight is 234 g/mol. The molecule has 0 saturated heterocycles. The molecular formula is C11H22O3S. The lowest BCUT2D eigenvalue weighted by Gasteiger charge is -2.18. The Morgan fingerprint density at radius 1 is 1.40 bits per heavy atom. The molecular weight excluding hydrogens is 212 g/mol. The molecule has 0 amide bonds. The molecule has 0 aromatic carbocycles. The van der Waals surface area contributed by atoms with Gasteiger partial charge in [-0.05, 0) is 26.2 Å². The quantitative estimate of drug-likeness (QED) is 0.656. The zero-order valence-electron chi connectivity index (χ0n) is 10.1. The van der Waals surface area contributed by atoms with Gasteiger partial charge in [0.2, 0.25) is 0 Å². The van der Waals surface area contributed by atoms with Crippen LogP contribution in [0.4, 0.5) is 0 Å². The van der Waals surface area contributed by atoms with Crippen molar-refractivity contribution in [1.82, 2.24) is 0 Å². The molecule has 4 heteroatoms. The van der Waals surface area contributed by atoms with Gasteiger partial charge in [-0.15, -0.1) is 11.8 Å². The number of hydrogen-bond acceptors (Lipinski definition) is 3. The third kappa shape index (κ3) is 7.68. The van der Waals surface area contributed by atoms with Crippen molar-refractivity contribution in [2.24, 2.45) is 5.92 Å². The van der Waals surface area contributed by atoms with Crippen molar-refractivity contribution >= 4 is 17.7 Å².